The number of aromatic nitrogens is 1. The maximum atomic E-state index is 4.49. The first kappa shape index (κ1) is 12.1. The van der Waals surface area contributed by atoms with E-state index in [1.807, 2.05) is 0 Å². The molecule has 0 radical (unpaired) electrons. The Balaban J connectivity index is 1.57. The highest BCUT2D eigenvalue weighted by molar-refractivity contribution is 7.09. The van der Waals surface area contributed by atoms with E-state index in [4.69, 9.17) is 0 Å². The maximum absolute atomic E-state index is 4.49. The fourth-order valence-corrected chi connectivity index (χ4v) is 3.19. The van der Waals surface area contributed by atoms with Gasteiger partial charge < -0.3 is 5.32 Å². The molecule has 1 heterocycles. The molecule has 0 saturated heterocycles. The lowest BCUT2D eigenvalue weighted by Gasteiger charge is -2.22. The Labute approximate surface area is 102 Å². The van der Waals surface area contributed by atoms with E-state index in [0.717, 1.165) is 19.0 Å². The lowest BCUT2D eigenvalue weighted by Crippen LogP contribution is -2.31. The van der Waals surface area contributed by atoms with Crippen molar-refractivity contribution in [1.29, 1.82) is 0 Å². The third-order valence-electron chi connectivity index (χ3n) is 3.27. The van der Waals surface area contributed by atoms with Crippen molar-refractivity contribution >= 4 is 11.3 Å². The molecule has 1 aliphatic rings. The quantitative estimate of drug-likeness (QED) is 0.796. The molecule has 0 amide bonds. The summed E-state index contributed by atoms with van der Waals surface area (Å²) in [5.41, 5.74) is 1.17. The van der Waals surface area contributed by atoms with Crippen molar-refractivity contribution in [3.63, 3.8) is 0 Å². The van der Waals surface area contributed by atoms with Gasteiger partial charge in [-0.2, -0.15) is 0 Å². The van der Waals surface area contributed by atoms with Gasteiger partial charge in [0.05, 0.1) is 5.01 Å². The van der Waals surface area contributed by atoms with Crippen molar-refractivity contribution in [1.82, 2.24) is 10.3 Å². The van der Waals surface area contributed by atoms with Gasteiger partial charge in [0.15, 0.2) is 0 Å². The molecule has 1 fully saturated rings. The Morgan fingerprint density at radius 1 is 1.38 bits per heavy atom. The van der Waals surface area contributed by atoms with Crippen LogP contribution in [-0.2, 0) is 6.42 Å². The highest BCUT2D eigenvalue weighted by atomic mass is 32.1. The van der Waals surface area contributed by atoms with E-state index in [2.05, 4.69) is 22.6 Å². The van der Waals surface area contributed by atoms with Crippen molar-refractivity contribution in [2.75, 3.05) is 6.54 Å². The van der Waals surface area contributed by atoms with Crippen LogP contribution in [-0.4, -0.2) is 17.6 Å². The number of hydrogen-bond donors (Lipinski definition) is 1. The van der Waals surface area contributed by atoms with E-state index in [1.165, 1.54) is 49.2 Å². The van der Waals surface area contributed by atoms with Crippen LogP contribution in [0.5, 0.6) is 0 Å². The molecule has 2 rings (SSSR count). The second kappa shape index (κ2) is 6.36. The number of nitrogens with one attached hydrogen (secondary N) is 1. The average molecular weight is 238 g/mol. The molecule has 0 aromatic carbocycles. The van der Waals surface area contributed by atoms with Crippen LogP contribution in [0.15, 0.2) is 5.38 Å². The lowest BCUT2D eigenvalue weighted by atomic mass is 9.95. The summed E-state index contributed by atoms with van der Waals surface area (Å²) >= 11 is 1.80. The Morgan fingerprint density at radius 3 is 2.88 bits per heavy atom. The Hall–Kier alpha value is -0.410. The van der Waals surface area contributed by atoms with Gasteiger partial charge in [0.25, 0.3) is 0 Å². The van der Waals surface area contributed by atoms with E-state index in [0.29, 0.717) is 0 Å². The standard InChI is InChI=1S/C13H22N2S/c1-11-10-16-13(15-11)8-5-9-14-12-6-3-2-4-7-12/h10,12,14H,2-9H2,1H3. The summed E-state index contributed by atoms with van der Waals surface area (Å²) in [6, 6.07) is 0.798. The van der Waals surface area contributed by atoms with Gasteiger partial charge in [-0.15, -0.1) is 11.3 Å². The molecule has 90 valence electrons. The SMILES string of the molecule is Cc1csc(CCCNC2CCCCC2)n1. The normalized spacial score (nSPS) is 17.8. The van der Waals surface area contributed by atoms with Crippen molar-refractivity contribution in [2.24, 2.45) is 0 Å². The van der Waals surface area contributed by atoms with E-state index < -0.39 is 0 Å². The molecular formula is C13H22N2S. The topological polar surface area (TPSA) is 24.9 Å². The second-order valence-corrected chi connectivity index (χ2v) is 5.72. The van der Waals surface area contributed by atoms with Gasteiger partial charge in [-0.1, -0.05) is 19.3 Å². The van der Waals surface area contributed by atoms with Crippen LogP contribution < -0.4 is 5.32 Å². The summed E-state index contributed by atoms with van der Waals surface area (Å²) in [4.78, 5) is 4.49. The summed E-state index contributed by atoms with van der Waals surface area (Å²) in [5.74, 6) is 0. The van der Waals surface area contributed by atoms with Crippen LogP contribution in [0.25, 0.3) is 0 Å². The van der Waals surface area contributed by atoms with Crippen molar-refractivity contribution in [3.8, 4) is 0 Å². The zero-order chi connectivity index (χ0) is 11.2. The summed E-state index contributed by atoms with van der Waals surface area (Å²) in [6.07, 6.45) is 9.41. The molecule has 1 aromatic rings. The minimum absolute atomic E-state index is 0.798. The van der Waals surface area contributed by atoms with Gasteiger partial charge in [-0.3, -0.25) is 0 Å². The minimum Gasteiger partial charge on any atom is -0.314 e. The van der Waals surface area contributed by atoms with Crippen LogP contribution in [0.1, 0.15) is 49.2 Å². The van der Waals surface area contributed by atoms with Gasteiger partial charge in [-0.05, 0) is 32.7 Å². The Bertz CT molecular complexity index is 303. The zero-order valence-corrected chi connectivity index (χ0v) is 11.0. The molecule has 1 aromatic heterocycles. The summed E-state index contributed by atoms with van der Waals surface area (Å²) in [5, 5.41) is 7.11. The summed E-state index contributed by atoms with van der Waals surface area (Å²) in [7, 11) is 0. The van der Waals surface area contributed by atoms with Crippen molar-refractivity contribution in [2.45, 2.75) is 57.9 Å². The van der Waals surface area contributed by atoms with E-state index >= 15 is 0 Å². The third kappa shape index (κ3) is 3.87. The molecule has 0 atom stereocenters. The van der Waals surface area contributed by atoms with E-state index in [9.17, 15) is 0 Å². The number of rotatable bonds is 5. The number of thiazole rings is 1. The molecule has 0 unspecified atom stereocenters. The molecular weight excluding hydrogens is 216 g/mol. The van der Waals surface area contributed by atoms with Gasteiger partial charge in [0, 0.05) is 23.5 Å². The third-order valence-corrected chi connectivity index (χ3v) is 4.30. The van der Waals surface area contributed by atoms with E-state index in [1.54, 1.807) is 11.3 Å². The minimum atomic E-state index is 0.798. The zero-order valence-electron chi connectivity index (χ0n) is 10.2. The van der Waals surface area contributed by atoms with Gasteiger partial charge in [0.1, 0.15) is 0 Å². The number of hydrogen-bond acceptors (Lipinski definition) is 3. The van der Waals surface area contributed by atoms with Crippen LogP contribution in [0, 0.1) is 6.92 Å². The van der Waals surface area contributed by atoms with Gasteiger partial charge in [0.2, 0.25) is 0 Å². The van der Waals surface area contributed by atoms with Gasteiger partial charge >= 0.3 is 0 Å². The van der Waals surface area contributed by atoms with Gasteiger partial charge in [-0.25, -0.2) is 4.98 Å². The fraction of sp³-hybridized carbons (Fsp3) is 0.769. The highest BCUT2D eigenvalue weighted by Crippen LogP contribution is 2.17. The summed E-state index contributed by atoms with van der Waals surface area (Å²) < 4.78 is 0. The predicted molar refractivity (Wildman–Crippen MR) is 70.0 cm³/mol. The fourth-order valence-electron chi connectivity index (χ4n) is 2.37. The molecule has 1 aliphatic carbocycles. The van der Waals surface area contributed by atoms with Crippen LogP contribution in [0.4, 0.5) is 0 Å². The van der Waals surface area contributed by atoms with E-state index in [-0.39, 0.29) is 0 Å². The first-order valence-electron chi connectivity index (χ1n) is 6.49. The smallest absolute Gasteiger partial charge is 0.0928 e. The molecule has 1 N–H and O–H groups in total. The predicted octanol–water partition coefficient (Wildman–Crippen LogP) is 3.31. The maximum Gasteiger partial charge on any atom is 0.0928 e. The molecule has 0 aliphatic heterocycles. The molecule has 2 nitrogen and oxygen atoms in total. The molecule has 0 spiro atoms. The monoisotopic (exact) mass is 238 g/mol. The largest absolute Gasteiger partial charge is 0.314 e. The first-order chi connectivity index (χ1) is 7.84. The lowest BCUT2D eigenvalue weighted by molar-refractivity contribution is 0.372. The van der Waals surface area contributed by atoms with Crippen molar-refractivity contribution < 1.29 is 0 Å². The Morgan fingerprint density at radius 2 is 2.19 bits per heavy atom. The molecule has 1 saturated carbocycles. The van der Waals surface area contributed by atoms with Crippen LogP contribution in [0.2, 0.25) is 0 Å². The number of nitrogens with zero attached hydrogens (tertiary/aromatic N) is 1. The molecule has 16 heavy (non-hydrogen) atoms. The second-order valence-electron chi connectivity index (χ2n) is 4.78. The number of aryl methyl sites for hydroxylation is 2. The van der Waals surface area contributed by atoms with Crippen LogP contribution >= 0.6 is 11.3 Å². The average Bonchev–Trinajstić information content (AvgIpc) is 2.72. The van der Waals surface area contributed by atoms with Crippen molar-refractivity contribution in [3.05, 3.63) is 16.1 Å². The Kier molecular flexibility index (Phi) is 4.79. The molecule has 0 bridgehead atoms. The summed E-state index contributed by atoms with van der Waals surface area (Å²) in [6.45, 7) is 3.23. The van der Waals surface area contributed by atoms with Crippen LogP contribution in [0.3, 0.4) is 0 Å². The highest BCUT2D eigenvalue weighted by Gasteiger charge is 2.11. The first-order valence-corrected chi connectivity index (χ1v) is 7.37. The molecule has 3 heteroatoms.